The Balaban J connectivity index is 2.74. The quantitative estimate of drug-likeness (QED) is 0.861. The first-order valence-corrected chi connectivity index (χ1v) is 6.92. The van der Waals surface area contributed by atoms with Gasteiger partial charge in [-0.05, 0) is 45.2 Å². The highest BCUT2D eigenvalue weighted by Gasteiger charge is 2.24. The molecule has 1 amide bonds. The molecule has 1 unspecified atom stereocenters. The molecule has 0 radical (unpaired) electrons. The maximum Gasteiger partial charge on any atom is 0.240 e. The summed E-state index contributed by atoms with van der Waals surface area (Å²) in [5, 5.41) is 0. The molecule has 0 aliphatic carbocycles. The number of nitrogens with zero attached hydrogens (tertiary/aromatic N) is 1. The maximum absolute atomic E-state index is 12.4. The smallest absolute Gasteiger partial charge is 0.240 e. The third-order valence-electron chi connectivity index (χ3n) is 3.07. The summed E-state index contributed by atoms with van der Waals surface area (Å²) in [6.07, 6.45) is 0.708. The van der Waals surface area contributed by atoms with Crippen molar-refractivity contribution in [2.45, 2.75) is 59.7 Å². The van der Waals surface area contributed by atoms with Crippen molar-refractivity contribution in [3.05, 3.63) is 23.7 Å². The van der Waals surface area contributed by atoms with E-state index < -0.39 is 6.04 Å². The number of amides is 1. The van der Waals surface area contributed by atoms with Crippen LogP contribution in [-0.2, 0) is 11.3 Å². The number of aryl methyl sites for hydroxylation is 1. The summed E-state index contributed by atoms with van der Waals surface area (Å²) in [7, 11) is 0. The van der Waals surface area contributed by atoms with Gasteiger partial charge in [0.2, 0.25) is 5.91 Å². The van der Waals surface area contributed by atoms with Crippen molar-refractivity contribution < 1.29 is 9.21 Å². The summed E-state index contributed by atoms with van der Waals surface area (Å²) in [5.41, 5.74) is 5.99. The standard InChI is InChI=1S/C15H26N2O2/c1-10(2)8-14(16)15(18)17(11(3)4)9-13-7-6-12(5)19-13/h6-7,10-11,14H,8-9,16H2,1-5H3. The highest BCUT2D eigenvalue weighted by Crippen LogP contribution is 2.14. The molecule has 19 heavy (non-hydrogen) atoms. The van der Waals surface area contributed by atoms with Gasteiger partial charge in [-0.25, -0.2) is 0 Å². The fraction of sp³-hybridized carbons (Fsp3) is 0.667. The Morgan fingerprint density at radius 3 is 2.37 bits per heavy atom. The highest BCUT2D eigenvalue weighted by molar-refractivity contribution is 5.81. The van der Waals surface area contributed by atoms with Crippen molar-refractivity contribution in [2.24, 2.45) is 11.7 Å². The van der Waals surface area contributed by atoms with Crippen LogP contribution in [0.1, 0.15) is 45.6 Å². The van der Waals surface area contributed by atoms with Crippen LogP contribution in [0.25, 0.3) is 0 Å². The van der Waals surface area contributed by atoms with Crippen LogP contribution in [-0.4, -0.2) is 22.9 Å². The van der Waals surface area contributed by atoms with Crippen molar-refractivity contribution >= 4 is 5.91 Å². The Bertz CT molecular complexity index is 410. The molecule has 2 N–H and O–H groups in total. The molecule has 0 aliphatic rings. The lowest BCUT2D eigenvalue weighted by Gasteiger charge is -2.29. The minimum absolute atomic E-state index is 0.00208. The lowest BCUT2D eigenvalue weighted by Crippen LogP contribution is -2.46. The largest absolute Gasteiger partial charge is 0.464 e. The van der Waals surface area contributed by atoms with Crippen LogP contribution in [0.4, 0.5) is 0 Å². The number of hydrogen-bond acceptors (Lipinski definition) is 3. The van der Waals surface area contributed by atoms with Gasteiger partial charge in [-0.3, -0.25) is 4.79 Å². The topological polar surface area (TPSA) is 59.5 Å². The third-order valence-corrected chi connectivity index (χ3v) is 3.07. The normalized spacial score (nSPS) is 13.1. The second kappa shape index (κ2) is 6.75. The minimum Gasteiger partial charge on any atom is -0.464 e. The maximum atomic E-state index is 12.4. The predicted molar refractivity (Wildman–Crippen MR) is 76.6 cm³/mol. The van der Waals surface area contributed by atoms with E-state index in [-0.39, 0.29) is 11.9 Å². The summed E-state index contributed by atoms with van der Waals surface area (Å²) >= 11 is 0. The van der Waals surface area contributed by atoms with E-state index in [9.17, 15) is 4.79 Å². The summed E-state index contributed by atoms with van der Waals surface area (Å²) in [5.74, 6) is 2.07. The Morgan fingerprint density at radius 1 is 1.32 bits per heavy atom. The summed E-state index contributed by atoms with van der Waals surface area (Å²) < 4.78 is 5.54. The average molecular weight is 266 g/mol. The third kappa shape index (κ3) is 4.71. The van der Waals surface area contributed by atoms with E-state index in [1.54, 1.807) is 4.90 Å². The van der Waals surface area contributed by atoms with Gasteiger partial charge in [0, 0.05) is 6.04 Å². The molecule has 0 fully saturated rings. The van der Waals surface area contributed by atoms with Gasteiger partial charge >= 0.3 is 0 Å². The first-order chi connectivity index (χ1) is 8.81. The van der Waals surface area contributed by atoms with Crippen LogP contribution < -0.4 is 5.73 Å². The van der Waals surface area contributed by atoms with Gasteiger partial charge in [0.1, 0.15) is 11.5 Å². The highest BCUT2D eigenvalue weighted by atomic mass is 16.3. The van der Waals surface area contributed by atoms with E-state index in [4.69, 9.17) is 10.2 Å². The molecule has 1 aromatic rings. The summed E-state index contributed by atoms with van der Waals surface area (Å²) in [6, 6.07) is 3.49. The van der Waals surface area contributed by atoms with Crippen molar-refractivity contribution in [3.63, 3.8) is 0 Å². The minimum atomic E-state index is -0.432. The molecular formula is C15H26N2O2. The lowest BCUT2D eigenvalue weighted by atomic mass is 10.0. The molecule has 1 heterocycles. The van der Waals surface area contributed by atoms with Gasteiger partial charge < -0.3 is 15.1 Å². The fourth-order valence-electron chi connectivity index (χ4n) is 2.07. The fourth-order valence-corrected chi connectivity index (χ4v) is 2.07. The zero-order valence-electron chi connectivity index (χ0n) is 12.6. The van der Waals surface area contributed by atoms with Crippen LogP contribution in [0.3, 0.4) is 0 Å². The molecule has 0 bridgehead atoms. The molecule has 0 aliphatic heterocycles. The first-order valence-electron chi connectivity index (χ1n) is 6.92. The predicted octanol–water partition coefficient (Wildman–Crippen LogP) is 2.70. The van der Waals surface area contributed by atoms with E-state index in [0.717, 1.165) is 11.5 Å². The second-order valence-electron chi connectivity index (χ2n) is 5.81. The molecule has 0 spiro atoms. The molecular weight excluding hydrogens is 240 g/mol. The second-order valence-corrected chi connectivity index (χ2v) is 5.81. The molecule has 1 rings (SSSR count). The van der Waals surface area contributed by atoms with E-state index in [1.165, 1.54) is 0 Å². The van der Waals surface area contributed by atoms with Crippen LogP contribution in [0.5, 0.6) is 0 Å². The van der Waals surface area contributed by atoms with Crippen molar-refractivity contribution in [2.75, 3.05) is 0 Å². The number of nitrogens with two attached hydrogens (primary N) is 1. The Labute approximate surface area is 116 Å². The van der Waals surface area contributed by atoms with Gasteiger partial charge in [0.05, 0.1) is 12.6 Å². The van der Waals surface area contributed by atoms with Crippen LogP contribution in [0.15, 0.2) is 16.5 Å². The number of hydrogen-bond donors (Lipinski definition) is 1. The Kier molecular flexibility index (Phi) is 5.60. The van der Waals surface area contributed by atoms with E-state index >= 15 is 0 Å². The number of carbonyl (C=O) groups excluding carboxylic acids is 1. The molecule has 108 valence electrons. The van der Waals surface area contributed by atoms with E-state index in [2.05, 4.69) is 13.8 Å². The van der Waals surface area contributed by atoms with Gasteiger partial charge in [-0.15, -0.1) is 0 Å². The van der Waals surface area contributed by atoms with Crippen molar-refractivity contribution in [1.29, 1.82) is 0 Å². The van der Waals surface area contributed by atoms with Crippen LogP contribution in [0, 0.1) is 12.8 Å². The number of furan rings is 1. The van der Waals surface area contributed by atoms with Crippen molar-refractivity contribution in [3.8, 4) is 0 Å². The van der Waals surface area contributed by atoms with Gasteiger partial charge in [-0.2, -0.15) is 0 Å². The first kappa shape index (κ1) is 15.8. The number of carbonyl (C=O) groups is 1. The molecule has 1 atom stereocenters. The zero-order valence-corrected chi connectivity index (χ0v) is 12.6. The lowest BCUT2D eigenvalue weighted by molar-refractivity contribution is -0.135. The van der Waals surface area contributed by atoms with E-state index in [0.29, 0.717) is 18.9 Å². The Morgan fingerprint density at radius 2 is 1.95 bits per heavy atom. The van der Waals surface area contributed by atoms with Crippen molar-refractivity contribution in [1.82, 2.24) is 4.90 Å². The summed E-state index contributed by atoms with van der Waals surface area (Å²) in [4.78, 5) is 14.2. The van der Waals surface area contributed by atoms with E-state index in [1.807, 2.05) is 32.9 Å². The average Bonchev–Trinajstić information content (AvgIpc) is 2.69. The monoisotopic (exact) mass is 266 g/mol. The molecule has 0 saturated carbocycles. The van der Waals surface area contributed by atoms with Crippen LogP contribution in [0.2, 0.25) is 0 Å². The number of rotatable bonds is 6. The van der Waals surface area contributed by atoms with Gasteiger partial charge in [-0.1, -0.05) is 13.8 Å². The van der Waals surface area contributed by atoms with Gasteiger partial charge in [0.25, 0.3) is 0 Å². The molecule has 0 saturated heterocycles. The molecule has 4 nitrogen and oxygen atoms in total. The molecule has 0 aromatic carbocycles. The summed E-state index contributed by atoms with van der Waals surface area (Å²) in [6.45, 7) is 10.5. The Hall–Kier alpha value is -1.29. The molecule has 4 heteroatoms. The zero-order chi connectivity index (χ0) is 14.6. The van der Waals surface area contributed by atoms with Gasteiger partial charge in [0.15, 0.2) is 0 Å². The van der Waals surface area contributed by atoms with Crippen LogP contribution >= 0.6 is 0 Å². The SMILES string of the molecule is Cc1ccc(CN(C(=O)C(N)CC(C)C)C(C)C)o1. The molecule has 1 aromatic heterocycles.